The molecule has 0 aliphatic carbocycles. The molecule has 0 saturated heterocycles. The molecular formula is C20H20N4O3. The molecule has 0 saturated carbocycles. The molecule has 138 valence electrons. The fourth-order valence-corrected chi connectivity index (χ4v) is 2.94. The van der Waals surface area contributed by atoms with Gasteiger partial charge in [0, 0.05) is 23.5 Å². The van der Waals surface area contributed by atoms with E-state index in [-0.39, 0.29) is 24.8 Å². The molecule has 0 fully saturated rings. The van der Waals surface area contributed by atoms with Gasteiger partial charge in [-0.15, -0.1) is 0 Å². The highest BCUT2D eigenvalue weighted by atomic mass is 16.5. The van der Waals surface area contributed by atoms with E-state index in [2.05, 4.69) is 15.7 Å². The summed E-state index contributed by atoms with van der Waals surface area (Å²) in [5.41, 5.74) is 2.36. The number of carbonyl (C=O) groups excluding carboxylic acids is 2. The second-order valence-electron chi connectivity index (χ2n) is 7.26. The highest BCUT2D eigenvalue weighted by Crippen LogP contribution is 2.34. The summed E-state index contributed by atoms with van der Waals surface area (Å²) >= 11 is 0. The summed E-state index contributed by atoms with van der Waals surface area (Å²) in [5.74, 6) is 0.306. The molecule has 2 aromatic heterocycles. The number of hydrogen-bond donors (Lipinski definition) is 2. The largest absolute Gasteiger partial charge is 0.490 e. The number of nitrogens with one attached hydrogen (secondary N) is 2. The van der Waals surface area contributed by atoms with Crippen LogP contribution in [-0.2, 0) is 16.0 Å². The second-order valence-corrected chi connectivity index (χ2v) is 7.26. The van der Waals surface area contributed by atoms with Crippen molar-refractivity contribution in [2.45, 2.75) is 20.3 Å². The van der Waals surface area contributed by atoms with E-state index in [0.29, 0.717) is 17.1 Å². The summed E-state index contributed by atoms with van der Waals surface area (Å²) < 4.78 is 7.51. The molecular weight excluding hydrogens is 344 g/mol. The summed E-state index contributed by atoms with van der Waals surface area (Å²) in [4.78, 5) is 24.6. The molecule has 1 aliphatic rings. The van der Waals surface area contributed by atoms with Gasteiger partial charge < -0.3 is 15.4 Å². The Kier molecular flexibility index (Phi) is 4.07. The number of rotatable bonds is 3. The van der Waals surface area contributed by atoms with Crippen molar-refractivity contribution in [3.05, 3.63) is 54.4 Å². The average molecular weight is 364 g/mol. The van der Waals surface area contributed by atoms with E-state index in [4.69, 9.17) is 4.74 Å². The Balaban J connectivity index is 1.49. The van der Waals surface area contributed by atoms with Crippen LogP contribution in [0.15, 0.2) is 48.8 Å². The number of hydrogen-bond acceptors (Lipinski definition) is 4. The molecule has 0 spiro atoms. The minimum atomic E-state index is -0.619. The molecule has 3 aromatic rings. The molecule has 2 amide bonds. The maximum absolute atomic E-state index is 12.5. The molecule has 1 aromatic carbocycles. The second kappa shape index (κ2) is 6.42. The van der Waals surface area contributed by atoms with E-state index in [0.717, 1.165) is 11.1 Å². The zero-order valence-corrected chi connectivity index (χ0v) is 15.2. The van der Waals surface area contributed by atoms with Crippen LogP contribution in [0.25, 0.3) is 5.52 Å². The molecule has 0 unspecified atom stereocenters. The summed E-state index contributed by atoms with van der Waals surface area (Å²) in [5, 5.41) is 9.98. The Morgan fingerprint density at radius 3 is 3.04 bits per heavy atom. The highest BCUT2D eigenvalue weighted by Gasteiger charge is 2.32. The van der Waals surface area contributed by atoms with Gasteiger partial charge in [0.1, 0.15) is 12.4 Å². The predicted octanol–water partition coefficient (Wildman–Crippen LogP) is 2.87. The van der Waals surface area contributed by atoms with Gasteiger partial charge in [-0.1, -0.05) is 6.07 Å². The van der Waals surface area contributed by atoms with Crippen LogP contribution < -0.4 is 15.4 Å². The van der Waals surface area contributed by atoms with Crippen LogP contribution in [0.4, 0.5) is 11.4 Å². The molecule has 27 heavy (non-hydrogen) atoms. The van der Waals surface area contributed by atoms with Crippen molar-refractivity contribution in [2.24, 2.45) is 5.41 Å². The molecule has 7 heteroatoms. The molecule has 0 radical (unpaired) electrons. The lowest BCUT2D eigenvalue weighted by molar-refractivity contribution is -0.125. The number of benzene rings is 1. The summed E-state index contributed by atoms with van der Waals surface area (Å²) in [7, 11) is 0. The van der Waals surface area contributed by atoms with Gasteiger partial charge in [-0.05, 0) is 38.1 Å². The number of nitrogens with zero attached hydrogens (tertiary/aromatic N) is 2. The lowest BCUT2D eigenvalue weighted by Crippen LogP contribution is -2.33. The van der Waals surface area contributed by atoms with E-state index in [1.807, 2.05) is 38.2 Å². The molecule has 2 N–H and O–H groups in total. The van der Waals surface area contributed by atoms with Crippen molar-refractivity contribution in [3.8, 4) is 5.75 Å². The maximum atomic E-state index is 12.5. The average Bonchev–Trinajstić information content (AvgIpc) is 2.99. The zero-order chi connectivity index (χ0) is 19.0. The monoisotopic (exact) mass is 364 g/mol. The van der Waals surface area contributed by atoms with Gasteiger partial charge in [0.25, 0.3) is 0 Å². The van der Waals surface area contributed by atoms with Gasteiger partial charge in [-0.3, -0.25) is 9.59 Å². The first-order valence-corrected chi connectivity index (χ1v) is 8.72. The van der Waals surface area contributed by atoms with Crippen LogP contribution in [-0.4, -0.2) is 28.0 Å². The first-order valence-electron chi connectivity index (χ1n) is 8.72. The molecule has 7 nitrogen and oxygen atoms in total. The normalized spacial score (nSPS) is 15.4. The topological polar surface area (TPSA) is 84.7 Å². The lowest BCUT2D eigenvalue weighted by Gasteiger charge is -2.18. The van der Waals surface area contributed by atoms with E-state index in [1.54, 1.807) is 28.9 Å². The molecule has 3 heterocycles. The maximum Gasteiger partial charge on any atom is 0.233 e. The minimum absolute atomic E-state index is 0.0916. The number of carbonyl (C=O) groups is 2. The number of pyridine rings is 1. The molecule has 1 aliphatic heterocycles. The zero-order valence-electron chi connectivity index (χ0n) is 15.2. The molecule has 4 rings (SSSR count). The Labute approximate surface area is 156 Å². The summed E-state index contributed by atoms with van der Waals surface area (Å²) in [6.45, 7) is 3.92. The van der Waals surface area contributed by atoms with Gasteiger partial charge in [0.05, 0.1) is 29.2 Å². The van der Waals surface area contributed by atoms with Crippen molar-refractivity contribution in [1.29, 1.82) is 0 Å². The fourth-order valence-electron chi connectivity index (χ4n) is 2.94. The minimum Gasteiger partial charge on any atom is -0.490 e. The van der Waals surface area contributed by atoms with Crippen LogP contribution in [0, 0.1) is 5.41 Å². The van der Waals surface area contributed by atoms with Crippen molar-refractivity contribution in [1.82, 2.24) is 9.61 Å². The van der Waals surface area contributed by atoms with Crippen LogP contribution in [0.2, 0.25) is 0 Å². The summed E-state index contributed by atoms with van der Waals surface area (Å²) in [6.07, 6.45) is 3.76. The van der Waals surface area contributed by atoms with Crippen LogP contribution in [0.3, 0.4) is 0 Å². The Morgan fingerprint density at radius 1 is 1.33 bits per heavy atom. The van der Waals surface area contributed by atoms with Crippen molar-refractivity contribution < 1.29 is 14.3 Å². The van der Waals surface area contributed by atoms with E-state index in [9.17, 15) is 9.59 Å². The van der Waals surface area contributed by atoms with E-state index < -0.39 is 5.41 Å². The smallest absolute Gasteiger partial charge is 0.233 e. The first-order chi connectivity index (χ1) is 12.9. The third-order valence-corrected chi connectivity index (χ3v) is 4.57. The van der Waals surface area contributed by atoms with Crippen LogP contribution in [0.5, 0.6) is 5.75 Å². The number of anilines is 2. The van der Waals surface area contributed by atoms with E-state index in [1.165, 1.54) is 0 Å². The van der Waals surface area contributed by atoms with Crippen molar-refractivity contribution >= 4 is 28.7 Å². The van der Waals surface area contributed by atoms with Crippen molar-refractivity contribution in [2.75, 3.05) is 17.2 Å². The van der Waals surface area contributed by atoms with Gasteiger partial charge in [0.2, 0.25) is 11.8 Å². The number of amides is 2. The number of fused-ring (bicyclic) bond motifs is 2. The quantitative estimate of drug-likeness (QED) is 0.748. The third-order valence-electron chi connectivity index (χ3n) is 4.57. The SMILES string of the molecule is CC1(C)COc2cc(NC(=O)Cc3cnn4ccccc34)ccc2NC1=O. The van der Waals surface area contributed by atoms with Gasteiger partial charge in [0.15, 0.2) is 0 Å². The molecule has 0 bridgehead atoms. The lowest BCUT2D eigenvalue weighted by atomic mass is 9.94. The highest BCUT2D eigenvalue weighted by molar-refractivity contribution is 5.98. The first kappa shape index (κ1) is 17.1. The van der Waals surface area contributed by atoms with Crippen LogP contribution >= 0.6 is 0 Å². The number of ether oxygens (including phenoxy) is 1. The third kappa shape index (κ3) is 3.36. The van der Waals surface area contributed by atoms with E-state index >= 15 is 0 Å². The predicted molar refractivity (Wildman–Crippen MR) is 102 cm³/mol. The number of aromatic nitrogens is 2. The Hall–Kier alpha value is -3.35. The fraction of sp³-hybridized carbons (Fsp3) is 0.250. The van der Waals surface area contributed by atoms with Crippen molar-refractivity contribution in [3.63, 3.8) is 0 Å². The van der Waals surface area contributed by atoms with Gasteiger partial charge in [-0.25, -0.2) is 4.52 Å². The van der Waals surface area contributed by atoms with Gasteiger partial charge >= 0.3 is 0 Å². The molecule has 0 atom stereocenters. The van der Waals surface area contributed by atoms with Gasteiger partial charge in [-0.2, -0.15) is 5.10 Å². The summed E-state index contributed by atoms with van der Waals surface area (Å²) in [6, 6.07) is 10.9. The standard InChI is InChI=1S/C20H20N4O3/c1-20(2)12-27-17-10-14(6-7-15(17)23-19(20)26)22-18(25)9-13-11-21-24-8-4-3-5-16(13)24/h3-8,10-11H,9,12H2,1-2H3,(H,22,25)(H,23,26). The Bertz CT molecular complexity index is 1040. The Morgan fingerprint density at radius 2 is 2.19 bits per heavy atom. The van der Waals surface area contributed by atoms with Crippen LogP contribution in [0.1, 0.15) is 19.4 Å².